The highest BCUT2D eigenvalue weighted by atomic mass is 32.1. The molecule has 1 aliphatic rings. The van der Waals surface area contributed by atoms with Crippen molar-refractivity contribution in [2.45, 2.75) is 13.5 Å². The molecule has 0 saturated carbocycles. The molecule has 1 saturated heterocycles. The van der Waals surface area contributed by atoms with E-state index in [2.05, 4.69) is 39.3 Å². The molecule has 3 heterocycles. The molecule has 7 heteroatoms. The summed E-state index contributed by atoms with van der Waals surface area (Å²) in [6.45, 7) is 7.37. The molecule has 26 heavy (non-hydrogen) atoms. The van der Waals surface area contributed by atoms with Gasteiger partial charge in [0.05, 0.1) is 6.20 Å². The van der Waals surface area contributed by atoms with E-state index in [-0.39, 0.29) is 5.91 Å². The van der Waals surface area contributed by atoms with E-state index >= 15 is 0 Å². The number of thiazole rings is 1. The largest absolute Gasteiger partial charge is 0.321 e. The number of hydrogen-bond donors (Lipinski definition) is 1. The highest BCUT2D eigenvalue weighted by molar-refractivity contribution is 7.19. The number of benzene rings is 1. The van der Waals surface area contributed by atoms with Crippen LogP contribution in [-0.4, -0.2) is 58.3 Å². The number of nitrogens with zero attached hydrogens (tertiary/aromatic N) is 4. The number of fused-ring (bicyclic) bond motifs is 1. The highest BCUT2D eigenvalue weighted by Crippen LogP contribution is 2.24. The number of likely N-dealkylation sites (N-methyl/N-ethyl adjacent to an activating group) is 1. The van der Waals surface area contributed by atoms with Crippen molar-refractivity contribution in [3.05, 3.63) is 52.9 Å². The van der Waals surface area contributed by atoms with Gasteiger partial charge in [0.15, 0.2) is 0 Å². The molecule has 3 aromatic rings. The van der Waals surface area contributed by atoms with Crippen LogP contribution in [0.2, 0.25) is 0 Å². The van der Waals surface area contributed by atoms with Crippen LogP contribution >= 0.6 is 11.3 Å². The second-order valence-corrected chi connectivity index (χ2v) is 7.88. The Hall–Kier alpha value is -2.22. The Morgan fingerprint density at radius 3 is 2.62 bits per heavy atom. The molecular weight excluding hydrogens is 346 g/mol. The van der Waals surface area contributed by atoms with Crippen LogP contribution < -0.4 is 5.32 Å². The Labute approximate surface area is 157 Å². The van der Waals surface area contributed by atoms with Gasteiger partial charge in [-0.3, -0.25) is 14.1 Å². The number of nitrogens with one attached hydrogen (secondary N) is 1. The fourth-order valence-corrected chi connectivity index (χ4v) is 4.25. The van der Waals surface area contributed by atoms with Crippen LogP contribution in [0.3, 0.4) is 0 Å². The summed E-state index contributed by atoms with van der Waals surface area (Å²) in [5.74, 6) is -0.0667. The van der Waals surface area contributed by atoms with Gasteiger partial charge in [0.1, 0.15) is 16.0 Å². The maximum atomic E-state index is 12.6. The molecule has 1 amide bonds. The summed E-state index contributed by atoms with van der Waals surface area (Å²) in [5, 5.41) is 3.00. The summed E-state index contributed by atoms with van der Waals surface area (Å²) in [5.41, 5.74) is 3.03. The van der Waals surface area contributed by atoms with Gasteiger partial charge in [-0.15, -0.1) is 11.3 Å². The van der Waals surface area contributed by atoms with Gasteiger partial charge in [0.25, 0.3) is 5.91 Å². The van der Waals surface area contributed by atoms with Crippen molar-refractivity contribution in [3.8, 4) is 0 Å². The van der Waals surface area contributed by atoms with E-state index in [4.69, 9.17) is 0 Å². The number of imidazole rings is 1. The average Bonchev–Trinajstić information content (AvgIpc) is 3.22. The van der Waals surface area contributed by atoms with Crippen molar-refractivity contribution in [2.75, 3.05) is 38.5 Å². The van der Waals surface area contributed by atoms with Crippen LogP contribution in [0.15, 0.2) is 36.8 Å². The van der Waals surface area contributed by atoms with E-state index in [9.17, 15) is 4.79 Å². The van der Waals surface area contributed by atoms with Gasteiger partial charge in [-0.2, -0.15) is 0 Å². The molecule has 0 spiro atoms. The van der Waals surface area contributed by atoms with Crippen molar-refractivity contribution < 1.29 is 4.79 Å². The topological polar surface area (TPSA) is 52.9 Å². The van der Waals surface area contributed by atoms with E-state index in [1.807, 2.05) is 23.5 Å². The number of carbonyl (C=O) groups is 1. The molecule has 0 bridgehead atoms. The lowest BCUT2D eigenvalue weighted by Crippen LogP contribution is -2.43. The predicted molar refractivity (Wildman–Crippen MR) is 105 cm³/mol. The van der Waals surface area contributed by atoms with Crippen LogP contribution in [0.5, 0.6) is 0 Å². The minimum atomic E-state index is -0.0667. The van der Waals surface area contributed by atoms with E-state index in [0.29, 0.717) is 0 Å². The van der Waals surface area contributed by atoms with Crippen molar-refractivity contribution in [1.29, 1.82) is 0 Å². The number of anilines is 1. The average molecular weight is 369 g/mol. The maximum Gasteiger partial charge on any atom is 0.267 e. The lowest BCUT2D eigenvalue weighted by molar-refractivity contribution is 0.102. The standard InChI is InChI=1S/C19H23N5OS/c1-14-18(26-17-11-20-13-24(14)17)19(25)21-16-5-3-15(4-6-16)12-23-9-7-22(2)8-10-23/h3-6,11,13H,7-10,12H2,1-2H3,(H,21,25). The van der Waals surface area contributed by atoms with E-state index < -0.39 is 0 Å². The van der Waals surface area contributed by atoms with Gasteiger partial charge in [-0.05, 0) is 31.7 Å². The van der Waals surface area contributed by atoms with Gasteiger partial charge in [-0.1, -0.05) is 12.1 Å². The van der Waals surface area contributed by atoms with Crippen LogP contribution in [-0.2, 0) is 6.54 Å². The minimum Gasteiger partial charge on any atom is -0.321 e. The van der Waals surface area contributed by atoms with Gasteiger partial charge >= 0.3 is 0 Å². The molecule has 136 valence electrons. The Kier molecular flexibility index (Phi) is 4.76. The first-order valence-electron chi connectivity index (χ1n) is 8.83. The quantitative estimate of drug-likeness (QED) is 0.768. The first kappa shape index (κ1) is 17.2. The summed E-state index contributed by atoms with van der Waals surface area (Å²) >= 11 is 1.46. The zero-order valence-electron chi connectivity index (χ0n) is 15.1. The minimum absolute atomic E-state index is 0.0667. The van der Waals surface area contributed by atoms with Crippen molar-refractivity contribution >= 4 is 27.8 Å². The molecule has 0 unspecified atom stereocenters. The van der Waals surface area contributed by atoms with Crippen LogP contribution in [0.4, 0.5) is 5.69 Å². The highest BCUT2D eigenvalue weighted by Gasteiger charge is 2.16. The maximum absolute atomic E-state index is 12.6. The number of aryl methyl sites for hydroxylation is 1. The van der Waals surface area contributed by atoms with E-state index in [1.165, 1.54) is 16.9 Å². The Morgan fingerprint density at radius 1 is 1.19 bits per heavy atom. The van der Waals surface area contributed by atoms with Crippen molar-refractivity contribution in [2.24, 2.45) is 0 Å². The number of piperazine rings is 1. The number of amides is 1. The van der Waals surface area contributed by atoms with Gasteiger partial charge in [0.2, 0.25) is 0 Å². The van der Waals surface area contributed by atoms with Gasteiger partial charge in [-0.25, -0.2) is 4.98 Å². The zero-order valence-corrected chi connectivity index (χ0v) is 15.9. The summed E-state index contributed by atoms with van der Waals surface area (Å²) in [6, 6.07) is 8.18. The first-order valence-corrected chi connectivity index (χ1v) is 9.64. The van der Waals surface area contributed by atoms with Crippen molar-refractivity contribution in [1.82, 2.24) is 19.2 Å². The summed E-state index contributed by atoms with van der Waals surface area (Å²) < 4.78 is 1.94. The van der Waals surface area contributed by atoms with E-state index in [0.717, 1.165) is 53.8 Å². The second-order valence-electron chi connectivity index (χ2n) is 6.85. The smallest absolute Gasteiger partial charge is 0.267 e. The molecule has 0 radical (unpaired) electrons. The third-order valence-corrected chi connectivity index (χ3v) is 6.12. The molecule has 1 aromatic carbocycles. The normalized spacial score (nSPS) is 16.2. The molecule has 1 aliphatic heterocycles. The van der Waals surface area contributed by atoms with Crippen LogP contribution in [0.25, 0.3) is 4.83 Å². The third kappa shape index (κ3) is 3.51. The molecule has 1 fully saturated rings. The predicted octanol–water partition coefficient (Wildman–Crippen LogP) is 2.70. The van der Waals surface area contributed by atoms with Gasteiger partial charge in [0, 0.05) is 44.1 Å². The number of rotatable bonds is 4. The lowest BCUT2D eigenvalue weighted by Gasteiger charge is -2.32. The van der Waals surface area contributed by atoms with Crippen molar-refractivity contribution in [3.63, 3.8) is 0 Å². The van der Waals surface area contributed by atoms with Crippen LogP contribution in [0.1, 0.15) is 20.9 Å². The Balaban J connectivity index is 1.40. The molecular formula is C19H23N5OS. The number of carbonyl (C=O) groups excluding carboxylic acids is 1. The summed E-state index contributed by atoms with van der Waals surface area (Å²) in [7, 11) is 2.17. The monoisotopic (exact) mass is 369 g/mol. The van der Waals surface area contributed by atoms with Gasteiger partial charge < -0.3 is 10.2 Å². The molecule has 4 rings (SSSR count). The summed E-state index contributed by atoms with van der Waals surface area (Å²) in [6.07, 6.45) is 3.52. The second kappa shape index (κ2) is 7.19. The third-order valence-electron chi connectivity index (χ3n) is 4.92. The van der Waals surface area contributed by atoms with Crippen LogP contribution in [0, 0.1) is 6.92 Å². The Bertz CT molecular complexity index is 906. The molecule has 0 aliphatic carbocycles. The molecule has 1 N–H and O–H groups in total. The first-order chi connectivity index (χ1) is 12.6. The zero-order chi connectivity index (χ0) is 18.1. The molecule has 6 nitrogen and oxygen atoms in total. The fourth-order valence-electron chi connectivity index (χ4n) is 3.25. The lowest BCUT2D eigenvalue weighted by atomic mass is 10.1. The Morgan fingerprint density at radius 2 is 1.92 bits per heavy atom. The number of aromatic nitrogens is 2. The molecule has 2 aromatic heterocycles. The number of hydrogen-bond acceptors (Lipinski definition) is 5. The fraction of sp³-hybridized carbons (Fsp3) is 0.368. The van der Waals surface area contributed by atoms with E-state index in [1.54, 1.807) is 12.5 Å². The SMILES string of the molecule is Cc1c(C(=O)Nc2ccc(CN3CCN(C)CC3)cc2)sc2cncn12. The molecule has 0 atom stereocenters. The summed E-state index contributed by atoms with van der Waals surface area (Å²) in [4.78, 5) is 23.2.